The van der Waals surface area contributed by atoms with Crippen molar-refractivity contribution in [2.24, 2.45) is 0 Å². The summed E-state index contributed by atoms with van der Waals surface area (Å²) in [6.07, 6.45) is 0. The lowest BCUT2D eigenvalue weighted by Gasteiger charge is -2.04. The Kier molecular flexibility index (Phi) is 4.09. The lowest BCUT2D eigenvalue weighted by Crippen LogP contribution is -2.34. The third kappa shape index (κ3) is 3.64. The summed E-state index contributed by atoms with van der Waals surface area (Å²) >= 11 is 0. The first kappa shape index (κ1) is 13.7. The van der Waals surface area contributed by atoms with Crippen molar-refractivity contribution in [2.45, 2.75) is 20.0 Å². The van der Waals surface area contributed by atoms with Gasteiger partial charge in [0.1, 0.15) is 17.3 Å². The van der Waals surface area contributed by atoms with Crippen molar-refractivity contribution in [1.82, 2.24) is 10.6 Å². The zero-order valence-corrected chi connectivity index (χ0v) is 10.8. The number of hydrogen-bond acceptors (Lipinski definition) is 4. The number of urea groups is 1. The van der Waals surface area contributed by atoms with Crippen LogP contribution < -0.4 is 10.6 Å². The van der Waals surface area contributed by atoms with Gasteiger partial charge >= 0.3 is 12.0 Å². The molecule has 2 amide bonds. The third-order valence-corrected chi connectivity index (χ3v) is 2.51. The number of hydrogen-bond donors (Lipinski definition) is 3. The normalized spacial score (nSPS) is 10.2. The maximum Gasteiger partial charge on any atom is 0.371 e. The summed E-state index contributed by atoms with van der Waals surface area (Å²) in [4.78, 5) is 22.1. The molecule has 20 heavy (non-hydrogen) atoms. The first-order chi connectivity index (χ1) is 9.54. The second-order valence-corrected chi connectivity index (χ2v) is 4.12. The van der Waals surface area contributed by atoms with Crippen molar-refractivity contribution in [3.05, 3.63) is 47.3 Å². The van der Waals surface area contributed by atoms with Gasteiger partial charge in [-0.15, -0.1) is 0 Å². The summed E-state index contributed by atoms with van der Waals surface area (Å²) < 4.78 is 10.3. The fourth-order valence-electron chi connectivity index (χ4n) is 1.57. The quantitative estimate of drug-likeness (QED) is 0.774. The van der Waals surface area contributed by atoms with Crippen LogP contribution in [0.3, 0.4) is 0 Å². The highest BCUT2D eigenvalue weighted by Gasteiger charge is 2.09. The fourth-order valence-corrected chi connectivity index (χ4v) is 1.57. The monoisotopic (exact) mass is 278 g/mol. The maximum absolute atomic E-state index is 11.5. The average Bonchev–Trinajstić information content (AvgIpc) is 3.03. The zero-order chi connectivity index (χ0) is 14.5. The first-order valence-electron chi connectivity index (χ1n) is 5.93. The van der Waals surface area contributed by atoms with Crippen molar-refractivity contribution in [1.29, 1.82) is 0 Å². The second-order valence-electron chi connectivity index (χ2n) is 4.12. The van der Waals surface area contributed by atoms with Crippen LogP contribution in [0.2, 0.25) is 0 Å². The Morgan fingerprint density at radius 3 is 2.15 bits per heavy atom. The van der Waals surface area contributed by atoms with Gasteiger partial charge in [-0.3, -0.25) is 0 Å². The minimum absolute atomic E-state index is 0.107. The topological polar surface area (TPSA) is 105 Å². The highest BCUT2D eigenvalue weighted by molar-refractivity contribution is 5.84. The van der Waals surface area contributed by atoms with E-state index in [0.717, 1.165) is 5.76 Å². The highest BCUT2D eigenvalue weighted by atomic mass is 16.4. The number of carboxylic acids is 1. The summed E-state index contributed by atoms with van der Waals surface area (Å²) in [6, 6.07) is 6.03. The number of rotatable bonds is 5. The van der Waals surface area contributed by atoms with Crippen LogP contribution in [0.4, 0.5) is 4.79 Å². The lowest BCUT2D eigenvalue weighted by molar-refractivity contribution is 0.0660. The largest absolute Gasteiger partial charge is 0.475 e. The van der Waals surface area contributed by atoms with Crippen LogP contribution in [0.25, 0.3) is 0 Å². The maximum atomic E-state index is 11.5. The number of aromatic carboxylic acids is 1. The van der Waals surface area contributed by atoms with Crippen molar-refractivity contribution in [3.63, 3.8) is 0 Å². The highest BCUT2D eigenvalue weighted by Crippen LogP contribution is 2.07. The number of carbonyl (C=O) groups is 2. The molecule has 7 nitrogen and oxygen atoms in total. The summed E-state index contributed by atoms with van der Waals surface area (Å²) in [7, 11) is 0. The van der Waals surface area contributed by atoms with Crippen LogP contribution in [-0.2, 0) is 13.1 Å². The molecule has 0 radical (unpaired) electrons. The molecular weight excluding hydrogens is 264 g/mol. The molecule has 0 spiro atoms. The standard InChI is InChI=1S/C13H14N2O5/c1-8-2-3-9(19-8)6-14-13(18)15-7-10-4-5-11(20-10)12(16)17/h2-5H,6-7H2,1H3,(H,16,17)(H2,14,15,18). The van der Waals surface area contributed by atoms with Gasteiger partial charge in [0, 0.05) is 0 Å². The minimum Gasteiger partial charge on any atom is -0.475 e. The van der Waals surface area contributed by atoms with Crippen LogP contribution in [0.5, 0.6) is 0 Å². The number of nitrogens with one attached hydrogen (secondary N) is 2. The first-order valence-corrected chi connectivity index (χ1v) is 5.93. The Bertz CT molecular complexity index is 614. The number of carboxylic acid groups (broad SMARTS) is 1. The Morgan fingerprint density at radius 1 is 1.05 bits per heavy atom. The fraction of sp³-hybridized carbons (Fsp3) is 0.231. The second kappa shape index (κ2) is 5.96. The van der Waals surface area contributed by atoms with E-state index >= 15 is 0 Å². The summed E-state index contributed by atoms with van der Waals surface area (Å²) in [5.41, 5.74) is 0. The van der Waals surface area contributed by atoms with Gasteiger partial charge in [-0.1, -0.05) is 0 Å². The van der Waals surface area contributed by atoms with Gasteiger partial charge in [0.15, 0.2) is 0 Å². The van der Waals surface area contributed by atoms with Crippen LogP contribution in [0.1, 0.15) is 27.8 Å². The van der Waals surface area contributed by atoms with E-state index in [1.807, 2.05) is 13.0 Å². The van der Waals surface area contributed by atoms with Crippen LogP contribution >= 0.6 is 0 Å². The zero-order valence-electron chi connectivity index (χ0n) is 10.8. The van der Waals surface area contributed by atoms with Gasteiger partial charge in [0.25, 0.3) is 0 Å². The van der Waals surface area contributed by atoms with Gasteiger partial charge in [-0.05, 0) is 31.2 Å². The number of furan rings is 2. The molecule has 0 aliphatic carbocycles. The predicted molar refractivity (Wildman–Crippen MR) is 68.2 cm³/mol. The van der Waals surface area contributed by atoms with E-state index in [0.29, 0.717) is 11.5 Å². The summed E-state index contributed by atoms with van der Waals surface area (Å²) in [5.74, 6) is 0.497. The molecule has 0 saturated carbocycles. The SMILES string of the molecule is Cc1ccc(CNC(=O)NCc2ccc(C(=O)O)o2)o1. The lowest BCUT2D eigenvalue weighted by atomic mass is 10.4. The van der Waals surface area contributed by atoms with Crippen molar-refractivity contribution in [2.75, 3.05) is 0 Å². The smallest absolute Gasteiger partial charge is 0.371 e. The molecule has 0 unspecified atom stereocenters. The van der Waals surface area contributed by atoms with E-state index in [4.69, 9.17) is 13.9 Å². The molecule has 2 aromatic rings. The van der Waals surface area contributed by atoms with Gasteiger partial charge in [0.2, 0.25) is 5.76 Å². The predicted octanol–water partition coefficient (Wildman–Crippen LogP) is 1.88. The summed E-state index contributed by atoms with van der Waals surface area (Å²) in [6.45, 7) is 2.20. The van der Waals surface area contributed by atoms with Gasteiger partial charge < -0.3 is 24.6 Å². The summed E-state index contributed by atoms with van der Waals surface area (Å²) in [5, 5.41) is 13.8. The molecule has 0 aliphatic rings. The molecule has 0 saturated heterocycles. The Hall–Kier alpha value is -2.70. The van der Waals surface area contributed by atoms with Crippen molar-refractivity contribution >= 4 is 12.0 Å². The van der Waals surface area contributed by atoms with E-state index < -0.39 is 12.0 Å². The van der Waals surface area contributed by atoms with Gasteiger partial charge in [-0.2, -0.15) is 0 Å². The molecule has 0 aromatic carbocycles. The molecule has 0 aliphatic heterocycles. The number of carbonyl (C=O) groups excluding carboxylic acids is 1. The number of aryl methyl sites for hydroxylation is 1. The number of amides is 2. The van der Waals surface area contributed by atoms with E-state index in [1.165, 1.54) is 12.1 Å². The Labute approximate surface area is 114 Å². The van der Waals surface area contributed by atoms with E-state index in [2.05, 4.69) is 10.6 Å². The molecule has 106 valence electrons. The molecule has 0 bridgehead atoms. The van der Waals surface area contributed by atoms with E-state index in [9.17, 15) is 9.59 Å². The average molecular weight is 278 g/mol. The van der Waals surface area contributed by atoms with Crippen molar-refractivity contribution < 1.29 is 23.5 Å². The van der Waals surface area contributed by atoms with Crippen LogP contribution in [0.15, 0.2) is 33.1 Å². The molecule has 7 heteroatoms. The molecule has 2 heterocycles. The molecule has 0 fully saturated rings. The van der Waals surface area contributed by atoms with Crippen molar-refractivity contribution in [3.8, 4) is 0 Å². The molecule has 3 N–H and O–H groups in total. The Morgan fingerprint density at radius 2 is 1.65 bits per heavy atom. The minimum atomic E-state index is -1.14. The molecular formula is C13H14N2O5. The third-order valence-electron chi connectivity index (χ3n) is 2.51. The molecule has 2 aromatic heterocycles. The Balaban J connectivity index is 1.75. The van der Waals surface area contributed by atoms with Gasteiger partial charge in [0.05, 0.1) is 13.1 Å². The molecule has 0 atom stereocenters. The van der Waals surface area contributed by atoms with Crippen LogP contribution in [0, 0.1) is 6.92 Å². The van der Waals surface area contributed by atoms with Crippen LogP contribution in [-0.4, -0.2) is 17.1 Å². The molecule has 2 rings (SSSR count). The van der Waals surface area contributed by atoms with E-state index in [1.54, 1.807) is 6.07 Å². The van der Waals surface area contributed by atoms with Gasteiger partial charge in [-0.25, -0.2) is 9.59 Å². The van der Waals surface area contributed by atoms with E-state index in [-0.39, 0.29) is 18.8 Å².